The van der Waals surface area contributed by atoms with E-state index in [4.69, 9.17) is 0 Å². The van der Waals surface area contributed by atoms with Gasteiger partial charge < -0.3 is 9.80 Å². The van der Waals surface area contributed by atoms with Gasteiger partial charge in [-0.05, 0) is 48.7 Å². The van der Waals surface area contributed by atoms with Crippen LogP contribution in [0.25, 0.3) is 0 Å². The highest BCUT2D eigenvalue weighted by atomic mass is 79.9. The summed E-state index contributed by atoms with van der Waals surface area (Å²) in [5.74, 6) is -0.256. The summed E-state index contributed by atoms with van der Waals surface area (Å²) in [4.78, 5) is 16.5. The lowest BCUT2D eigenvalue weighted by atomic mass is 9.98. The molecule has 2 aromatic rings. The minimum absolute atomic E-state index is 0.00555. The quantitative estimate of drug-likeness (QED) is 0.710. The standard InChI is InChI=1S/C19H20BrFN2O/c1-13(14-3-7-16(20)8-4-14)23-12-11-18(22(2)19(23)24)15-5-9-17(21)10-6-15/h3-10,13,18H,11-12H2,1-2H3. The van der Waals surface area contributed by atoms with Gasteiger partial charge in [-0.15, -0.1) is 0 Å². The van der Waals surface area contributed by atoms with Gasteiger partial charge >= 0.3 is 6.03 Å². The molecule has 0 aromatic heterocycles. The monoisotopic (exact) mass is 390 g/mol. The number of halogens is 2. The fourth-order valence-corrected chi connectivity index (χ4v) is 3.51. The van der Waals surface area contributed by atoms with E-state index < -0.39 is 0 Å². The molecule has 2 unspecified atom stereocenters. The van der Waals surface area contributed by atoms with Gasteiger partial charge in [-0.2, -0.15) is 0 Å². The molecule has 3 nitrogen and oxygen atoms in total. The molecule has 24 heavy (non-hydrogen) atoms. The summed E-state index contributed by atoms with van der Waals surface area (Å²) >= 11 is 3.44. The molecule has 1 fully saturated rings. The summed E-state index contributed by atoms with van der Waals surface area (Å²) in [5, 5.41) is 0. The van der Waals surface area contributed by atoms with Crippen molar-refractivity contribution in [2.75, 3.05) is 13.6 Å². The van der Waals surface area contributed by atoms with Crippen molar-refractivity contribution >= 4 is 22.0 Å². The van der Waals surface area contributed by atoms with Gasteiger partial charge in [0.25, 0.3) is 0 Å². The van der Waals surface area contributed by atoms with Crippen LogP contribution in [-0.2, 0) is 0 Å². The highest BCUT2D eigenvalue weighted by molar-refractivity contribution is 9.10. The van der Waals surface area contributed by atoms with Gasteiger partial charge in [0.2, 0.25) is 0 Å². The maximum absolute atomic E-state index is 13.1. The van der Waals surface area contributed by atoms with E-state index in [0.717, 1.165) is 22.0 Å². The summed E-state index contributed by atoms with van der Waals surface area (Å²) in [6.07, 6.45) is 0.828. The molecule has 2 atom stereocenters. The van der Waals surface area contributed by atoms with Gasteiger partial charge in [0.15, 0.2) is 0 Å². The normalized spacial score (nSPS) is 19.5. The third-order valence-electron chi connectivity index (χ3n) is 4.73. The van der Waals surface area contributed by atoms with Crippen LogP contribution < -0.4 is 0 Å². The largest absolute Gasteiger partial charge is 0.321 e. The fourth-order valence-electron chi connectivity index (χ4n) is 3.24. The zero-order valence-electron chi connectivity index (χ0n) is 13.7. The van der Waals surface area contributed by atoms with Crippen molar-refractivity contribution in [3.05, 3.63) is 69.9 Å². The van der Waals surface area contributed by atoms with Gasteiger partial charge in [0.05, 0.1) is 12.1 Å². The smallest absolute Gasteiger partial charge is 0.320 e. The number of rotatable bonds is 3. The van der Waals surface area contributed by atoms with Crippen LogP contribution >= 0.6 is 15.9 Å². The number of hydrogen-bond donors (Lipinski definition) is 0. The number of hydrogen-bond acceptors (Lipinski definition) is 1. The Labute approximate surface area is 150 Å². The van der Waals surface area contributed by atoms with Crippen molar-refractivity contribution < 1.29 is 9.18 Å². The second-order valence-electron chi connectivity index (χ2n) is 6.17. The van der Waals surface area contributed by atoms with Gasteiger partial charge in [0.1, 0.15) is 5.82 Å². The first-order valence-electron chi connectivity index (χ1n) is 8.01. The predicted octanol–water partition coefficient (Wildman–Crippen LogP) is 5.15. The van der Waals surface area contributed by atoms with E-state index in [1.165, 1.54) is 12.1 Å². The number of urea groups is 1. The van der Waals surface area contributed by atoms with Crippen LogP contribution in [0, 0.1) is 5.82 Å². The van der Waals surface area contributed by atoms with Crippen molar-refractivity contribution in [1.82, 2.24) is 9.80 Å². The van der Waals surface area contributed by atoms with Crippen LogP contribution in [0.1, 0.15) is 36.6 Å². The summed E-state index contributed by atoms with van der Waals surface area (Å²) < 4.78 is 14.1. The summed E-state index contributed by atoms with van der Waals surface area (Å²) in [6.45, 7) is 2.73. The molecular weight excluding hydrogens is 371 g/mol. The number of benzene rings is 2. The average molecular weight is 391 g/mol. The van der Waals surface area contributed by atoms with E-state index in [0.29, 0.717) is 6.54 Å². The molecule has 0 bridgehead atoms. The molecule has 1 saturated heterocycles. The predicted molar refractivity (Wildman–Crippen MR) is 96.2 cm³/mol. The average Bonchev–Trinajstić information content (AvgIpc) is 2.58. The number of carbonyl (C=O) groups is 1. The molecule has 126 valence electrons. The van der Waals surface area contributed by atoms with Gasteiger partial charge in [0, 0.05) is 18.1 Å². The van der Waals surface area contributed by atoms with E-state index in [2.05, 4.69) is 15.9 Å². The van der Waals surface area contributed by atoms with Gasteiger partial charge in [-0.3, -0.25) is 0 Å². The zero-order chi connectivity index (χ0) is 17.3. The molecule has 2 amide bonds. The lowest BCUT2D eigenvalue weighted by Crippen LogP contribution is -2.49. The molecule has 2 aromatic carbocycles. The molecule has 3 rings (SSSR count). The SMILES string of the molecule is CC(c1ccc(Br)cc1)N1CCC(c2ccc(F)cc2)N(C)C1=O. The maximum Gasteiger partial charge on any atom is 0.320 e. The fraction of sp³-hybridized carbons (Fsp3) is 0.316. The molecule has 5 heteroatoms. The topological polar surface area (TPSA) is 23.6 Å². The van der Waals surface area contributed by atoms with Crippen molar-refractivity contribution in [3.63, 3.8) is 0 Å². The van der Waals surface area contributed by atoms with Crippen molar-refractivity contribution in [3.8, 4) is 0 Å². The van der Waals surface area contributed by atoms with Crippen molar-refractivity contribution in [1.29, 1.82) is 0 Å². The molecule has 0 N–H and O–H groups in total. The van der Waals surface area contributed by atoms with E-state index in [1.54, 1.807) is 17.0 Å². The Morgan fingerprint density at radius 2 is 1.75 bits per heavy atom. The van der Waals surface area contributed by atoms with E-state index >= 15 is 0 Å². The highest BCUT2D eigenvalue weighted by Crippen LogP contribution is 2.33. The lowest BCUT2D eigenvalue weighted by molar-refractivity contribution is 0.0953. The van der Waals surface area contributed by atoms with Gasteiger partial charge in [-0.25, -0.2) is 9.18 Å². The van der Waals surface area contributed by atoms with E-state index in [9.17, 15) is 9.18 Å². The first-order valence-corrected chi connectivity index (χ1v) is 8.81. The second kappa shape index (κ2) is 6.93. The second-order valence-corrected chi connectivity index (χ2v) is 7.09. The number of amides is 2. The summed E-state index contributed by atoms with van der Waals surface area (Å²) in [6, 6.07) is 14.5. The minimum Gasteiger partial charge on any atom is -0.321 e. The molecule has 1 heterocycles. The van der Waals surface area contributed by atoms with Crippen LogP contribution in [0.2, 0.25) is 0 Å². The summed E-state index contributed by atoms with van der Waals surface area (Å²) in [5.41, 5.74) is 2.09. The van der Waals surface area contributed by atoms with Crippen LogP contribution in [0.15, 0.2) is 53.0 Å². The highest BCUT2D eigenvalue weighted by Gasteiger charge is 2.34. The first kappa shape index (κ1) is 17.0. The molecule has 1 aliphatic heterocycles. The van der Waals surface area contributed by atoms with E-state index in [1.807, 2.05) is 43.1 Å². The third-order valence-corrected chi connectivity index (χ3v) is 5.26. The zero-order valence-corrected chi connectivity index (χ0v) is 15.3. The Morgan fingerprint density at radius 3 is 2.38 bits per heavy atom. The van der Waals surface area contributed by atoms with Gasteiger partial charge in [-0.1, -0.05) is 40.2 Å². The van der Waals surface area contributed by atoms with Crippen LogP contribution in [-0.4, -0.2) is 29.4 Å². The van der Waals surface area contributed by atoms with Crippen molar-refractivity contribution in [2.45, 2.75) is 25.4 Å². The molecule has 0 radical (unpaired) electrons. The lowest BCUT2D eigenvalue weighted by Gasteiger charge is -2.42. The minimum atomic E-state index is -0.256. The number of carbonyl (C=O) groups excluding carboxylic acids is 1. The Bertz CT molecular complexity index is 717. The summed E-state index contributed by atoms with van der Waals surface area (Å²) in [7, 11) is 1.82. The molecular formula is C19H20BrFN2O. The Balaban J connectivity index is 1.76. The number of nitrogens with zero attached hydrogens (tertiary/aromatic N) is 2. The third kappa shape index (κ3) is 3.31. The molecule has 0 saturated carbocycles. The Morgan fingerprint density at radius 1 is 1.12 bits per heavy atom. The van der Waals surface area contributed by atoms with Crippen LogP contribution in [0.3, 0.4) is 0 Å². The molecule has 0 spiro atoms. The van der Waals surface area contributed by atoms with Crippen LogP contribution in [0.5, 0.6) is 0 Å². The molecule has 0 aliphatic carbocycles. The molecule has 1 aliphatic rings. The van der Waals surface area contributed by atoms with Crippen molar-refractivity contribution in [2.24, 2.45) is 0 Å². The Hall–Kier alpha value is -1.88. The van der Waals surface area contributed by atoms with Crippen LogP contribution in [0.4, 0.5) is 9.18 Å². The van der Waals surface area contributed by atoms with E-state index in [-0.39, 0.29) is 23.9 Å². The maximum atomic E-state index is 13.1. The first-order chi connectivity index (χ1) is 11.5. The Kier molecular flexibility index (Phi) is 4.90.